The summed E-state index contributed by atoms with van der Waals surface area (Å²) >= 11 is 1.49. The van der Waals surface area contributed by atoms with E-state index < -0.39 is 0 Å². The van der Waals surface area contributed by atoms with Gasteiger partial charge in [0.15, 0.2) is 0 Å². The number of anilines is 1. The molecule has 1 N–H and O–H groups in total. The Morgan fingerprint density at radius 1 is 1.26 bits per heavy atom. The van der Waals surface area contributed by atoms with Crippen LogP contribution in [-0.4, -0.2) is 33.6 Å². The Labute approximate surface area is 120 Å². The summed E-state index contributed by atoms with van der Waals surface area (Å²) in [7, 11) is 0. The predicted octanol–water partition coefficient (Wildman–Crippen LogP) is 3.51. The van der Waals surface area contributed by atoms with Crippen LogP contribution in [0.25, 0.3) is 0 Å². The highest BCUT2D eigenvalue weighted by atomic mass is 32.1. The van der Waals surface area contributed by atoms with Gasteiger partial charge in [-0.15, -0.1) is 5.10 Å². The van der Waals surface area contributed by atoms with Gasteiger partial charge in [-0.1, -0.05) is 37.6 Å². The maximum absolute atomic E-state index is 4.32. The van der Waals surface area contributed by atoms with E-state index in [0.29, 0.717) is 0 Å². The zero-order valence-corrected chi connectivity index (χ0v) is 13.0. The SMILES string of the molecule is CCCNc1snnc1CN(CC)C1CCCCC1. The van der Waals surface area contributed by atoms with E-state index in [4.69, 9.17) is 0 Å². The van der Waals surface area contributed by atoms with Crippen molar-refractivity contribution < 1.29 is 0 Å². The number of aromatic nitrogens is 2. The molecule has 19 heavy (non-hydrogen) atoms. The summed E-state index contributed by atoms with van der Waals surface area (Å²) in [5.74, 6) is 0. The van der Waals surface area contributed by atoms with Crippen molar-refractivity contribution in [2.24, 2.45) is 0 Å². The van der Waals surface area contributed by atoms with Gasteiger partial charge in [-0.05, 0) is 25.8 Å². The Kier molecular flexibility index (Phi) is 6.04. The summed E-state index contributed by atoms with van der Waals surface area (Å²) < 4.78 is 4.11. The van der Waals surface area contributed by atoms with Gasteiger partial charge in [0, 0.05) is 30.7 Å². The van der Waals surface area contributed by atoms with Crippen LogP contribution in [0.5, 0.6) is 0 Å². The molecule has 0 saturated heterocycles. The average molecular weight is 282 g/mol. The number of hydrogen-bond acceptors (Lipinski definition) is 5. The first-order valence-electron chi connectivity index (χ1n) is 7.64. The van der Waals surface area contributed by atoms with Gasteiger partial charge in [0.2, 0.25) is 0 Å². The van der Waals surface area contributed by atoms with Crippen molar-refractivity contribution in [3.8, 4) is 0 Å². The molecular weight excluding hydrogens is 256 g/mol. The normalized spacial score (nSPS) is 17.0. The van der Waals surface area contributed by atoms with E-state index in [1.165, 1.54) is 43.6 Å². The maximum Gasteiger partial charge on any atom is 0.134 e. The van der Waals surface area contributed by atoms with E-state index in [0.717, 1.165) is 42.8 Å². The molecule has 1 heterocycles. The minimum atomic E-state index is 0.750. The minimum Gasteiger partial charge on any atom is -0.374 e. The summed E-state index contributed by atoms with van der Waals surface area (Å²) in [6.45, 7) is 7.50. The van der Waals surface area contributed by atoms with Crippen molar-refractivity contribution in [1.29, 1.82) is 0 Å². The molecular formula is C14H26N4S. The van der Waals surface area contributed by atoms with Gasteiger partial charge >= 0.3 is 0 Å². The van der Waals surface area contributed by atoms with Crippen LogP contribution >= 0.6 is 11.5 Å². The Balaban J connectivity index is 1.95. The van der Waals surface area contributed by atoms with Crippen LogP contribution in [0, 0.1) is 0 Å². The Morgan fingerprint density at radius 2 is 2.05 bits per heavy atom. The minimum absolute atomic E-state index is 0.750. The van der Waals surface area contributed by atoms with E-state index in [9.17, 15) is 0 Å². The number of hydrogen-bond donors (Lipinski definition) is 1. The average Bonchev–Trinajstić information content (AvgIpc) is 2.90. The summed E-state index contributed by atoms with van der Waals surface area (Å²) in [6, 6.07) is 0.750. The van der Waals surface area contributed by atoms with Gasteiger partial charge in [0.05, 0.1) is 0 Å². The third-order valence-corrected chi connectivity index (χ3v) is 4.67. The molecule has 1 aliphatic carbocycles. The Morgan fingerprint density at radius 3 is 2.74 bits per heavy atom. The molecule has 0 amide bonds. The lowest BCUT2D eigenvalue weighted by molar-refractivity contribution is 0.154. The van der Waals surface area contributed by atoms with Gasteiger partial charge in [0.25, 0.3) is 0 Å². The van der Waals surface area contributed by atoms with Gasteiger partial charge < -0.3 is 5.32 Å². The molecule has 1 saturated carbocycles. The Hall–Kier alpha value is -0.680. The van der Waals surface area contributed by atoms with Gasteiger partial charge in [-0.25, -0.2) is 0 Å². The fraction of sp³-hybridized carbons (Fsp3) is 0.857. The second-order valence-electron chi connectivity index (χ2n) is 5.33. The van der Waals surface area contributed by atoms with Crippen LogP contribution < -0.4 is 5.32 Å². The number of nitrogens with one attached hydrogen (secondary N) is 1. The third kappa shape index (κ3) is 4.14. The lowest BCUT2D eigenvalue weighted by Gasteiger charge is -2.33. The molecule has 1 aromatic heterocycles. The van der Waals surface area contributed by atoms with E-state index in [1.54, 1.807) is 0 Å². The maximum atomic E-state index is 4.32. The number of rotatable bonds is 7. The summed E-state index contributed by atoms with van der Waals surface area (Å²) in [5, 5.41) is 8.92. The fourth-order valence-electron chi connectivity index (χ4n) is 2.82. The van der Waals surface area contributed by atoms with Crippen LogP contribution in [0.1, 0.15) is 58.1 Å². The standard InChI is InChI=1S/C14H26N4S/c1-3-10-15-14-13(16-17-19-14)11-18(4-2)12-8-6-5-7-9-12/h12,15H,3-11H2,1-2H3. The van der Waals surface area contributed by atoms with Gasteiger partial charge in [-0.3, -0.25) is 4.90 Å². The van der Waals surface area contributed by atoms with Crippen LogP contribution in [-0.2, 0) is 6.54 Å². The second kappa shape index (κ2) is 7.80. The lowest BCUT2D eigenvalue weighted by Crippen LogP contribution is -2.36. The van der Waals surface area contributed by atoms with E-state index >= 15 is 0 Å². The molecule has 4 nitrogen and oxygen atoms in total. The molecule has 1 aliphatic rings. The van der Waals surface area contributed by atoms with E-state index in [-0.39, 0.29) is 0 Å². The number of nitrogens with zero attached hydrogens (tertiary/aromatic N) is 3. The molecule has 1 fully saturated rings. The Bertz CT molecular complexity index is 360. The van der Waals surface area contributed by atoms with E-state index in [2.05, 4.69) is 33.7 Å². The molecule has 0 bridgehead atoms. The summed E-state index contributed by atoms with van der Waals surface area (Å²) in [5.41, 5.74) is 1.13. The molecule has 0 aliphatic heterocycles. The van der Waals surface area contributed by atoms with E-state index in [1.807, 2.05) is 0 Å². The first-order valence-corrected chi connectivity index (χ1v) is 8.41. The highest BCUT2D eigenvalue weighted by Gasteiger charge is 2.21. The topological polar surface area (TPSA) is 41.1 Å². The molecule has 0 aromatic carbocycles. The molecule has 0 atom stereocenters. The lowest BCUT2D eigenvalue weighted by atomic mass is 9.94. The quantitative estimate of drug-likeness (QED) is 0.831. The van der Waals surface area contributed by atoms with Crippen molar-refractivity contribution in [2.45, 2.75) is 65.0 Å². The highest BCUT2D eigenvalue weighted by molar-refractivity contribution is 7.10. The predicted molar refractivity (Wildman–Crippen MR) is 81.6 cm³/mol. The van der Waals surface area contributed by atoms with Crippen molar-refractivity contribution in [3.63, 3.8) is 0 Å². The summed E-state index contributed by atoms with van der Waals surface area (Å²) in [4.78, 5) is 2.58. The molecule has 0 radical (unpaired) electrons. The molecule has 0 unspecified atom stereocenters. The molecule has 0 spiro atoms. The van der Waals surface area contributed by atoms with Crippen molar-refractivity contribution in [1.82, 2.24) is 14.5 Å². The van der Waals surface area contributed by atoms with Crippen molar-refractivity contribution >= 4 is 16.5 Å². The zero-order valence-electron chi connectivity index (χ0n) is 12.2. The smallest absolute Gasteiger partial charge is 0.134 e. The van der Waals surface area contributed by atoms with Crippen molar-refractivity contribution in [2.75, 3.05) is 18.4 Å². The zero-order chi connectivity index (χ0) is 13.5. The molecule has 5 heteroatoms. The summed E-state index contributed by atoms with van der Waals surface area (Å²) in [6.07, 6.45) is 8.02. The molecule has 2 rings (SSSR count). The largest absolute Gasteiger partial charge is 0.374 e. The fourth-order valence-corrected chi connectivity index (χ4v) is 3.42. The van der Waals surface area contributed by atoms with Crippen molar-refractivity contribution in [3.05, 3.63) is 5.69 Å². The third-order valence-electron chi connectivity index (χ3n) is 3.94. The highest BCUT2D eigenvalue weighted by Crippen LogP contribution is 2.26. The van der Waals surface area contributed by atoms with Crippen LogP contribution in [0.2, 0.25) is 0 Å². The molecule has 108 valence electrons. The van der Waals surface area contributed by atoms with Crippen LogP contribution in [0.4, 0.5) is 5.00 Å². The van der Waals surface area contributed by atoms with Gasteiger partial charge in [0.1, 0.15) is 10.7 Å². The first-order chi connectivity index (χ1) is 9.35. The molecule has 1 aromatic rings. The van der Waals surface area contributed by atoms with Crippen LogP contribution in [0.3, 0.4) is 0 Å². The van der Waals surface area contributed by atoms with Crippen LogP contribution in [0.15, 0.2) is 0 Å². The monoisotopic (exact) mass is 282 g/mol. The van der Waals surface area contributed by atoms with Gasteiger partial charge in [-0.2, -0.15) is 0 Å². The second-order valence-corrected chi connectivity index (χ2v) is 6.08. The first kappa shape index (κ1) is 14.7.